The molecule has 0 aliphatic rings. The molecule has 0 saturated heterocycles. The molecule has 0 spiro atoms. The third kappa shape index (κ3) is 5.30. The van der Waals surface area contributed by atoms with Crippen molar-refractivity contribution in [1.82, 2.24) is 20.2 Å². The zero-order valence-corrected chi connectivity index (χ0v) is 13.3. The number of nitrogens with one attached hydrogen (secondary N) is 2. The highest BCUT2D eigenvalue weighted by Gasteiger charge is 2.11. The number of ether oxygens (including phenoxy) is 1. The molecule has 2 atom stereocenters. The van der Waals surface area contributed by atoms with Gasteiger partial charge in [-0.3, -0.25) is 0 Å². The van der Waals surface area contributed by atoms with Crippen LogP contribution in [0.3, 0.4) is 0 Å². The van der Waals surface area contributed by atoms with Gasteiger partial charge in [0.05, 0.1) is 19.5 Å². The maximum atomic E-state index is 11.8. The quantitative estimate of drug-likeness (QED) is 0.718. The number of benzene rings is 1. The number of urea groups is 1. The number of nitrogens with zero attached hydrogens (tertiary/aromatic N) is 2. The van der Waals surface area contributed by atoms with Crippen LogP contribution >= 0.6 is 0 Å². The highest BCUT2D eigenvalue weighted by Crippen LogP contribution is 2.16. The van der Waals surface area contributed by atoms with Crippen molar-refractivity contribution in [1.29, 1.82) is 0 Å². The Balaban J connectivity index is 1.74. The van der Waals surface area contributed by atoms with Crippen molar-refractivity contribution < 1.29 is 14.6 Å². The third-order valence-corrected chi connectivity index (χ3v) is 3.38. The van der Waals surface area contributed by atoms with Gasteiger partial charge in [0.2, 0.25) is 0 Å². The predicted molar refractivity (Wildman–Crippen MR) is 86.2 cm³/mol. The Hall–Kier alpha value is -2.54. The Kier molecular flexibility index (Phi) is 5.99. The van der Waals surface area contributed by atoms with Crippen molar-refractivity contribution in [2.75, 3.05) is 13.7 Å². The van der Waals surface area contributed by atoms with E-state index in [1.165, 1.54) is 0 Å². The van der Waals surface area contributed by atoms with Crippen LogP contribution < -0.4 is 15.4 Å². The number of methoxy groups -OCH3 is 1. The Labute approximate surface area is 135 Å². The van der Waals surface area contributed by atoms with Crippen molar-refractivity contribution in [3.8, 4) is 5.75 Å². The van der Waals surface area contributed by atoms with Gasteiger partial charge in [-0.2, -0.15) is 0 Å². The number of amides is 2. The van der Waals surface area contributed by atoms with E-state index in [4.69, 9.17) is 4.74 Å². The summed E-state index contributed by atoms with van der Waals surface area (Å²) in [6.45, 7) is 2.67. The minimum Gasteiger partial charge on any atom is -0.497 e. The van der Waals surface area contributed by atoms with Gasteiger partial charge >= 0.3 is 6.03 Å². The number of rotatable bonds is 7. The number of aliphatic hydroxyl groups excluding tert-OH is 1. The van der Waals surface area contributed by atoms with Crippen molar-refractivity contribution in [2.24, 2.45) is 0 Å². The molecule has 1 aromatic heterocycles. The fourth-order valence-electron chi connectivity index (χ4n) is 2.16. The Morgan fingerprint density at radius 2 is 2.13 bits per heavy atom. The molecule has 3 N–H and O–H groups in total. The number of aromatic nitrogens is 2. The lowest BCUT2D eigenvalue weighted by atomic mass is 10.1. The van der Waals surface area contributed by atoms with Crippen LogP contribution in [-0.4, -0.2) is 40.4 Å². The van der Waals surface area contributed by atoms with Gasteiger partial charge in [0.25, 0.3) is 0 Å². The fraction of sp³-hybridized carbons (Fsp3) is 0.375. The zero-order valence-electron chi connectivity index (χ0n) is 13.3. The first-order chi connectivity index (χ1) is 11.1. The lowest BCUT2D eigenvalue weighted by Gasteiger charge is -2.17. The summed E-state index contributed by atoms with van der Waals surface area (Å²) in [4.78, 5) is 15.8. The lowest BCUT2D eigenvalue weighted by molar-refractivity contribution is 0.172. The highest BCUT2D eigenvalue weighted by atomic mass is 16.5. The largest absolute Gasteiger partial charge is 0.497 e. The summed E-state index contributed by atoms with van der Waals surface area (Å²) in [5.74, 6) is 0.722. The van der Waals surface area contributed by atoms with E-state index >= 15 is 0 Å². The number of hydrogen-bond acceptors (Lipinski definition) is 4. The zero-order chi connectivity index (χ0) is 16.7. The molecule has 0 fully saturated rings. The van der Waals surface area contributed by atoms with E-state index in [0.717, 1.165) is 11.3 Å². The van der Waals surface area contributed by atoms with Crippen LogP contribution in [0.25, 0.3) is 0 Å². The molecule has 0 aliphatic carbocycles. The van der Waals surface area contributed by atoms with E-state index in [9.17, 15) is 9.90 Å². The number of carbonyl (C=O) groups excluding carboxylic acids is 1. The first kappa shape index (κ1) is 16.8. The van der Waals surface area contributed by atoms with E-state index in [2.05, 4.69) is 15.6 Å². The van der Waals surface area contributed by atoms with E-state index in [-0.39, 0.29) is 18.6 Å². The molecule has 2 aromatic rings. The Bertz CT molecular complexity index is 598. The second kappa shape index (κ2) is 8.19. The molecule has 1 aromatic carbocycles. The molecule has 7 heteroatoms. The average molecular weight is 318 g/mol. The van der Waals surface area contributed by atoms with Gasteiger partial charge in [0, 0.05) is 31.5 Å². The van der Waals surface area contributed by atoms with Crippen LogP contribution in [0.4, 0.5) is 4.79 Å². The molecule has 0 radical (unpaired) electrons. The highest BCUT2D eigenvalue weighted by molar-refractivity contribution is 5.74. The van der Waals surface area contributed by atoms with Crippen molar-refractivity contribution in [3.05, 3.63) is 48.5 Å². The van der Waals surface area contributed by atoms with Crippen molar-refractivity contribution >= 4 is 6.03 Å². The van der Waals surface area contributed by atoms with Crippen LogP contribution in [-0.2, 0) is 6.54 Å². The monoisotopic (exact) mass is 318 g/mol. The van der Waals surface area contributed by atoms with Gasteiger partial charge in [-0.25, -0.2) is 9.78 Å². The molecule has 0 saturated carbocycles. The Morgan fingerprint density at radius 1 is 1.39 bits per heavy atom. The molecular formula is C16H22N4O3. The summed E-state index contributed by atoms with van der Waals surface area (Å²) in [7, 11) is 1.59. The summed E-state index contributed by atoms with van der Waals surface area (Å²) in [6, 6.07) is 6.71. The van der Waals surface area contributed by atoms with Crippen molar-refractivity contribution in [3.63, 3.8) is 0 Å². The lowest BCUT2D eigenvalue weighted by Crippen LogP contribution is -2.43. The van der Waals surface area contributed by atoms with E-state index in [1.54, 1.807) is 43.9 Å². The minimum atomic E-state index is -0.768. The third-order valence-electron chi connectivity index (χ3n) is 3.38. The van der Waals surface area contributed by atoms with Crippen LogP contribution in [0, 0.1) is 0 Å². The molecular weight excluding hydrogens is 296 g/mol. The molecule has 1 heterocycles. The summed E-state index contributed by atoms with van der Waals surface area (Å²) in [6.07, 6.45) is 4.46. The van der Waals surface area contributed by atoms with Gasteiger partial charge in [0.1, 0.15) is 5.75 Å². The maximum Gasteiger partial charge on any atom is 0.315 e. The summed E-state index contributed by atoms with van der Waals surface area (Å²) in [5, 5.41) is 15.6. The van der Waals surface area contributed by atoms with Gasteiger partial charge in [-0.1, -0.05) is 12.1 Å². The topological polar surface area (TPSA) is 88.4 Å². The van der Waals surface area contributed by atoms with Crippen LogP contribution in [0.5, 0.6) is 5.75 Å². The van der Waals surface area contributed by atoms with Gasteiger partial charge in [0.15, 0.2) is 0 Å². The van der Waals surface area contributed by atoms with E-state index < -0.39 is 6.10 Å². The van der Waals surface area contributed by atoms with Gasteiger partial charge in [-0.15, -0.1) is 0 Å². The SMILES string of the molecule is COc1ccc([C@H](O)CNC(=O)N[C@H](C)Cn2ccnc2)cc1. The average Bonchev–Trinajstić information content (AvgIpc) is 3.05. The van der Waals surface area contributed by atoms with E-state index in [0.29, 0.717) is 6.54 Å². The van der Waals surface area contributed by atoms with Crippen molar-refractivity contribution in [2.45, 2.75) is 25.6 Å². The molecule has 23 heavy (non-hydrogen) atoms. The number of carbonyl (C=O) groups is 1. The smallest absolute Gasteiger partial charge is 0.315 e. The summed E-state index contributed by atoms with van der Waals surface area (Å²) >= 11 is 0. The second-order valence-corrected chi connectivity index (χ2v) is 5.30. The summed E-state index contributed by atoms with van der Waals surface area (Å²) < 4.78 is 6.95. The first-order valence-electron chi connectivity index (χ1n) is 7.40. The van der Waals surface area contributed by atoms with Gasteiger partial charge < -0.3 is 25.0 Å². The maximum absolute atomic E-state index is 11.8. The van der Waals surface area contributed by atoms with Crippen LogP contribution in [0.2, 0.25) is 0 Å². The normalized spacial score (nSPS) is 13.2. The predicted octanol–water partition coefficient (Wildman–Crippen LogP) is 1.31. The number of aliphatic hydroxyl groups is 1. The first-order valence-corrected chi connectivity index (χ1v) is 7.40. The molecule has 0 unspecified atom stereocenters. The van der Waals surface area contributed by atoms with Gasteiger partial charge in [-0.05, 0) is 24.6 Å². The van der Waals surface area contributed by atoms with Crippen LogP contribution in [0.1, 0.15) is 18.6 Å². The molecule has 0 aliphatic heterocycles. The standard InChI is InChI=1S/C16H22N4O3/c1-12(10-20-8-7-17-11-20)19-16(22)18-9-15(21)13-3-5-14(23-2)6-4-13/h3-8,11-12,15,21H,9-10H2,1-2H3,(H2,18,19,22)/t12-,15-/m1/s1. The Morgan fingerprint density at radius 3 is 2.74 bits per heavy atom. The molecule has 7 nitrogen and oxygen atoms in total. The fourth-order valence-corrected chi connectivity index (χ4v) is 2.16. The second-order valence-electron chi connectivity index (χ2n) is 5.30. The molecule has 2 rings (SSSR count). The number of imidazole rings is 1. The minimum absolute atomic E-state index is 0.0534. The van der Waals surface area contributed by atoms with E-state index in [1.807, 2.05) is 17.7 Å². The number of hydrogen-bond donors (Lipinski definition) is 3. The molecule has 0 bridgehead atoms. The summed E-state index contributed by atoms with van der Waals surface area (Å²) in [5.41, 5.74) is 0.720. The van der Waals surface area contributed by atoms with Crippen LogP contribution in [0.15, 0.2) is 43.0 Å². The molecule has 124 valence electrons. The molecule has 2 amide bonds.